The standard InChI is InChI=1S/C24H25F2N9O4S/c25-13-1-8-19(17(26)10-13)40(38,39)34-16-6-4-14(5-7-16)28-22-31-20-12(9-18-21(36)32-24(37)30-18)11-27-35(20)23(33-22)29-15-2-3-15/h1,8-11,14-16,34H,2-7H2,(H2,28,29,31,33)(H2,30,32,36,37)/b18-9-/t14-,16-. The van der Waals surface area contributed by atoms with E-state index in [1.165, 1.54) is 16.8 Å². The lowest BCUT2D eigenvalue weighted by atomic mass is 9.92. The molecule has 0 radical (unpaired) electrons. The zero-order chi connectivity index (χ0) is 28.0. The Hall–Kier alpha value is -4.18. The van der Waals surface area contributed by atoms with Crippen molar-refractivity contribution < 1.29 is 26.8 Å². The lowest BCUT2D eigenvalue weighted by Crippen LogP contribution is -2.40. The van der Waals surface area contributed by atoms with Gasteiger partial charge in [-0.15, -0.1) is 0 Å². The maximum absolute atomic E-state index is 14.0. The molecule has 0 spiro atoms. The van der Waals surface area contributed by atoms with Gasteiger partial charge in [0.25, 0.3) is 5.91 Å². The number of aromatic nitrogens is 4. The Morgan fingerprint density at radius 2 is 1.65 bits per heavy atom. The molecule has 3 heterocycles. The van der Waals surface area contributed by atoms with Crippen LogP contribution in [0.25, 0.3) is 11.7 Å². The van der Waals surface area contributed by atoms with Crippen LogP contribution in [-0.2, 0) is 14.8 Å². The summed E-state index contributed by atoms with van der Waals surface area (Å²) in [7, 11) is -4.15. The Morgan fingerprint density at radius 3 is 2.33 bits per heavy atom. The van der Waals surface area contributed by atoms with Crippen molar-refractivity contribution in [2.75, 3.05) is 10.6 Å². The third-order valence-corrected chi connectivity index (χ3v) is 8.45. The number of hydrogen-bond donors (Lipinski definition) is 5. The second-order valence-corrected chi connectivity index (χ2v) is 11.7. The SMILES string of the molecule is O=C1NC(=O)/C(=C/c2cnn3c(NC4CC4)nc(N[C@H]4CC[C@H](NS(=O)(=O)c5ccc(F)cc5F)CC4)nc23)N1. The van der Waals surface area contributed by atoms with Gasteiger partial charge in [-0.2, -0.15) is 19.6 Å². The van der Waals surface area contributed by atoms with Crippen molar-refractivity contribution in [1.29, 1.82) is 0 Å². The Bertz CT molecular complexity index is 1650. The summed E-state index contributed by atoms with van der Waals surface area (Å²) in [5, 5.41) is 15.6. The number of sulfonamides is 1. The van der Waals surface area contributed by atoms with E-state index in [1.807, 2.05) is 0 Å². The zero-order valence-corrected chi connectivity index (χ0v) is 21.8. The maximum Gasteiger partial charge on any atom is 0.326 e. The van der Waals surface area contributed by atoms with Gasteiger partial charge in [0.2, 0.25) is 21.9 Å². The van der Waals surface area contributed by atoms with E-state index in [4.69, 9.17) is 0 Å². The fraction of sp³-hybridized carbons (Fsp3) is 0.375. The van der Waals surface area contributed by atoms with E-state index in [2.05, 4.69) is 41.1 Å². The van der Waals surface area contributed by atoms with Crippen LogP contribution in [0.1, 0.15) is 44.1 Å². The lowest BCUT2D eigenvalue weighted by molar-refractivity contribution is -0.115. The van der Waals surface area contributed by atoms with Crippen molar-refractivity contribution in [3.05, 3.63) is 47.3 Å². The second-order valence-electron chi connectivity index (χ2n) is 9.98. The molecular weight excluding hydrogens is 548 g/mol. The Kier molecular flexibility index (Phi) is 6.58. The highest BCUT2D eigenvalue weighted by Gasteiger charge is 2.29. The molecule has 3 fully saturated rings. The molecule has 40 heavy (non-hydrogen) atoms. The summed E-state index contributed by atoms with van der Waals surface area (Å²) in [4.78, 5) is 32.1. The largest absolute Gasteiger partial charge is 0.351 e. The van der Waals surface area contributed by atoms with E-state index in [0.717, 1.165) is 25.0 Å². The number of carbonyl (C=O) groups is 2. The van der Waals surface area contributed by atoms with Gasteiger partial charge in [-0.1, -0.05) is 0 Å². The molecule has 0 atom stereocenters. The van der Waals surface area contributed by atoms with Crippen molar-refractivity contribution in [2.45, 2.75) is 61.5 Å². The monoisotopic (exact) mass is 573 g/mol. The molecule has 210 valence electrons. The molecule has 3 aliphatic rings. The van der Waals surface area contributed by atoms with Gasteiger partial charge < -0.3 is 16.0 Å². The predicted octanol–water partition coefficient (Wildman–Crippen LogP) is 1.86. The normalized spacial score (nSPS) is 22.4. The van der Waals surface area contributed by atoms with Gasteiger partial charge in [-0.05, 0) is 56.7 Å². The molecule has 13 nitrogen and oxygen atoms in total. The molecular formula is C24H25F2N9O4S. The summed E-state index contributed by atoms with van der Waals surface area (Å²) in [6.07, 6.45) is 7.14. The van der Waals surface area contributed by atoms with Crippen LogP contribution in [0, 0.1) is 11.6 Å². The molecule has 1 saturated heterocycles. The van der Waals surface area contributed by atoms with Crippen LogP contribution in [-0.4, -0.2) is 58.1 Å². The number of anilines is 2. The highest BCUT2D eigenvalue weighted by Crippen LogP contribution is 2.28. The number of imide groups is 1. The number of urea groups is 1. The minimum absolute atomic E-state index is 0.0656. The highest BCUT2D eigenvalue weighted by atomic mass is 32.2. The minimum Gasteiger partial charge on any atom is -0.351 e. The summed E-state index contributed by atoms with van der Waals surface area (Å²) in [6.45, 7) is 0. The number of carbonyl (C=O) groups excluding carboxylic acids is 2. The molecule has 16 heteroatoms. The molecule has 0 bridgehead atoms. The summed E-state index contributed by atoms with van der Waals surface area (Å²) >= 11 is 0. The van der Waals surface area contributed by atoms with Gasteiger partial charge in [0, 0.05) is 29.8 Å². The fourth-order valence-corrected chi connectivity index (χ4v) is 6.08. The van der Waals surface area contributed by atoms with Gasteiger partial charge in [-0.25, -0.2) is 26.7 Å². The molecule has 2 aromatic heterocycles. The first-order valence-corrected chi connectivity index (χ1v) is 14.2. The predicted molar refractivity (Wildman–Crippen MR) is 138 cm³/mol. The first-order chi connectivity index (χ1) is 19.1. The number of halogens is 2. The molecule has 0 unspecified atom stereocenters. The third-order valence-electron chi connectivity index (χ3n) is 6.89. The van der Waals surface area contributed by atoms with Crippen molar-refractivity contribution in [2.24, 2.45) is 0 Å². The van der Waals surface area contributed by atoms with Crippen LogP contribution < -0.4 is 26.0 Å². The zero-order valence-electron chi connectivity index (χ0n) is 20.9. The van der Waals surface area contributed by atoms with E-state index < -0.39 is 44.5 Å². The van der Waals surface area contributed by atoms with Crippen LogP contribution >= 0.6 is 0 Å². The van der Waals surface area contributed by atoms with E-state index in [-0.39, 0.29) is 17.8 Å². The summed E-state index contributed by atoms with van der Waals surface area (Å²) in [5.74, 6) is -1.75. The van der Waals surface area contributed by atoms with Gasteiger partial charge >= 0.3 is 6.03 Å². The van der Waals surface area contributed by atoms with Crippen molar-refractivity contribution in [3.63, 3.8) is 0 Å². The Morgan fingerprint density at radius 1 is 0.950 bits per heavy atom. The van der Waals surface area contributed by atoms with Crippen molar-refractivity contribution >= 4 is 45.6 Å². The van der Waals surface area contributed by atoms with E-state index >= 15 is 0 Å². The van der Waals surface area contributed by atoms with Crippen LogP contribution in [0.15, 0.2) is 35.0 Å². The number of rotatable bonds is 8. The molecule has 3 aromatic rings. The smallest absolute Gasteiger partial charge is 0.326 e. The summed E-state index contributed by atoms with van der Waals surface area (Å²) < 4.78 is 56.6. The van der Waals surface area contributed by atoms with E-state index in [9.17, 15) is 26.8 Å². The number of nitrogens with one attached hydrogen (secondary N) is 5. The first kappa shape index (κ1) is 26.1. The molecule has 1 aliphatic heterocycles. The number of benzene rings is 1. The van der Waals surface area contributed by atoms with E-state index in [0.29, 0.717) is 54.9 Å². The molecule has 5 N–H and O–H groups in total. The molecule has 3 amide bonds. The first-order valence-electron chi connectivity index (χ1n) is 12.7. The minimum atomic E-state index is -4.15. The highest BCUT2D eigenvalue weighted by molar-refractivity contribution is 7.89. The molecule has 2 saturated carbocycles. The summed E-state index contributed by atoms with van der Waals surface area (Å²) in [5.41, 5.74) is 0.999. The van der Waals surface area contributed by atoms with Gasteiger partial charge in [0.1, 0.15) is 22.2 Å². The Balaban J connectivity index is 1.17. The van der Waals surface area contributed by atoms with Crippen molar-refractivity contribution in [3.8, 4) is 0 Å². The maximum atomic E-state index is 14.0. The number of nitrogens with zero attached hydrogens (tertiary/aromatic N) is 4. The fourth-order valence-electron chi connectivity index (χ4n) is 4.72. The quantitative estimate of drug-likeness (QED) is 0.199. The van der Waals surface area contributed by atoms with Crippen LogP contribution in [0.5, 0.6) is 0 Å². The van der Waals surface area contributed by atoms with Crippen LogP contribution in [0.2, 0.25) is 0 Å². The van der Waals surface area contributed by atoms with Crippen LogP contribution in [0.4, 0.5) is 25.5 Å². The second kappa shape index (κ2) is 10.1. The van der Waals surface area contributed by atoms with Gasteiger partial charge in [0.15, 0.2) is 5.65 Å². The van der Waals surface area contributed by atoms with Crippen LogP contribution in [0.3, 0.4) is 0 Å². The van der Waals surface area contributed by atoms with Gasteiger partial charge in [-0.3, -0.25) is 10.1 Å². The molecule has 6 rings (SSSR count). The number of hydrogen-bond acceptors (Lipinski definition) is 9. The summed E-state index contributed by atoms with van der Waals surface area (Å²) in [6, 6.07) is 1.54. The van der Waals surface area contributed by atoms with Gasteiger partial charge in [0.05, 0.1) is 6.20 Å². The lowest BCUT2D eigenvalue weighted by Gasteiger charge is -2.29. The number of amides is 3. The average molecular weight is 574 g/mol. The van der Waals surface area contributed by atoms with E-state index in [1.54, 1.807) is 0 Å². The third kappa shape index (κ3) is 5.44. The number of fused-ring (bicyclic) bond motifs is 1. The van der Waals surface area contributed by atoms with Crippen molar-refractivity contribution in [1.82, 2.24) is 34.9 Å². The molecule has 1 aromatic carbocycles. The molecule has 2 aliphatic carbocycles. The topological polar surface area (TPSA) is 172 Å². The Labute approximate surface area is 226 Å². The average Bonchev–Trinajstić information content (AvgIpc) is 3.53.